The van der Waals surface area contributed by atoms with Gasteiger partial charge in [0.1, 0.15) is 29.8 Å². The van der Waals surface area contributed by atoms with Crippen LogP contribution in [0.3, 0.4) is 0 Å². The molecule has 1 amide bonds. The summed E-state index contributed by atoms with van der Waals surface area (Å²) in [5.41, 5.74) is 1.60. The third kappa shape index (κ3) is 6.58. The number of hydrogen-bond donors (Lipinski definition) is 1. The van der Waals surface area contributed by atoms with Crippen LogP contribution in [0.15, 0.2) is 36.4 Å². The number of carbonyl (C=O) groups excluding carboxylic acids is 1. The highest BCUT2D eigenvalue weighted by molar-refractivity contribution is 7.92. The first-order valence-corrected chi connectivity index (χ1v) is 12.1. The monoisotopic (exact) mass is 479 g/mol. The molecule has 0 fully saturated rings. The van der Waals surface area contributed by atoms with Crippen molar-refractivity contribution in [1.29, 1.82) is 0 Å². The van der Waals surface area contributed by atoms with Crippen LogP contribution in [0.2, 0.25) is 0 Å². The van der Waals surface area contributed by atoms with E-state index >= 15 is 0 Å². The van der Waals surface area contributed by atoms with E-state index in [-0.39, 0.29) is 36.7 Å². The molecular formula is C22H29N3O7S. The van der Waals surface area contributed by atoms with Crippen molar-refractivity contribution < 1.29 is 27.6 Å². The number of aryl methyl sites for hydroxylation is 2. The normalized spacial score (nSPS) is 12.0. The lowest BCUT2D eigenvalue weighted by molar-refractivity contribution is -0.384. The largest absolute Gasteiger partial charge is 0.495 e. The lowest BCUT2D eigenvalue weighted by atomic mass is 10.1. The topological polar surface area (TPSA) is 128 Å². The number of amides is 1. The third-order valence-corrected chi connectivity index (χ3v) is 6.11. The van der Waals surface area contributed by atoms with Crippen molar-refractivity contribution in [3.8, 4) is 11.5 Å². The Morgan fingerprint density at radius 2 is 1.88 bits per heavy atom. The molecule has 1 unspecified atom stereocenters. The predicted molar refractivity (Wildman–Crippen MR) is 125 cm³/mol. The zero-order valence-corrected chi connectivity index (χ0v) is 20.1. The number of nitro benzene ring substituents is 1. The SMILES string of the molecule is CCC(C(=O)NCCOc1cc(C)ccc1C)N(c1cc([N+](=O)[O-])ccc1OC)S(C)(=O)=O. The molecule has 0 heterocycles. The number of anilines is 1. The average Bonchev–Trinajstić information content (AvgIpc) is 2.75. The zero-order chi connectivity index (χ0) is 24.8. The predicted octanol–water partition coefficient (Wildman–Crippen LogP) is 2.96. The van der Waals surface area contributed by atoms with Crippen LogP contribution in [0.1, 0.15) is 24.5 Å². The van der Waals surface area contributed by atoms with E-state index in [1.165, 1.54) is 19.2 Å². The van der Waals surface area contributed by atoms with Gasteiger partial charge in [0, 0.05) is 12.1 Å². The molecule has 0 radical (unpaired) electrons. The molecule has 1 atom stereocenters. The Bertz CT molecular complexity index is 1120. The molecule has 2 rings (SSSR count). The Balaban J connectivity index is 2.23. The van der Waals surface area contributed by atoms with Gasteiger partial charge in [-0.3, -0.25) is 19.2 Å². The van der Waals surface area contributed by atoms with E-state index < -0.39 is 26.9 Å². The van der Waals surface area contributed by atoms with Crippen LogP contribution in [0.4, 0.5) is 11.4 Å². The second kappa shape index (κ2) is 11.0. The van der Waals surface area contributed by atoms with Crippen LogP contribution < -0.4 is 19.1 Å². The summed E-state index contributed by atoms with van der Waals surface area (Å²) in [6, 6.07) is 8.25. The minimum absolute atomic E-state index is 0.0807. The summed E-state index contributed by atoms with van der Waals surface area (Å²) in [7, 11) is -2.68. The first kappa shape index (κ1) is 25.9. The van der Waals surface area contributed by atoms with Gasteiger partial charge in [0.15, 0.2) is 0 Å². The number of nitrogens with one attached hydrogen (secondary N) is 1. The fourth-order valence-electron chi connectivity index (χ4n) is 3.32. The molecule has 0 spiro atoms. The van der Waals surface area contributed by atoms with Gasteiger partial charge >= 0.3 is 0 Å². The van der Waals surface area contributed by atoms with Gasteiger partial charge in [-0.15, -0.1) is 0 Å². The quantitative estimate of drug-likeness (QED) is 0.298. The van der Waals surface area contributed by atoms with Crippen LogP contribution in [0.25, 0.3) is 0 Å². The number of rotatable bonds is 11. The number of ether oxygens (including phenoxy) is 2. The number of carbonyl (C=O) groups is 1. The van der Waals surface area contributed by atoms with E-state index in [0.29, 0.717) is 5.75 Å². The van der Waals surface area contributed by atoms with Crippen molar-refractivity contribution in [1.82, 2.24) is 5.32 Å². The molecule has 0 aromatic heterocycles. The van der Waals surface area contributed by atoms with Crippen molar-refractivity contribution in [3.63, 3.8) is 0 Å². The number of hydrogen-bond acceptors (Lipinski definition) is 7. The molecule has 180 valence electrons. The molecule has 2 aromatic carbocycles. The number of benzene rings is 2. The van der Waals surface area contributed by atoms with Crippen molar-refractivity contribution in [2.24, 2.45) is 0 Å². The first-order chi connectivity index (χ1) is 15.5. The molecule has 2 aromatic rings. The van der Waals surface area contributed by atoms with Crippen molar-refractivity contribution >= 4 is 27.3 Å². The highest BCUT2D eigenvalue weighted by atomic mass is 32.2. The van der Waals surface area contributed by atoms with Crippen molar-refractivity contribution in [3.05, 3.63) is 57.6 Å². The summed E-state index contributed by atoms with van der Waals surface area (Å²) in [5, 5.41) is 13.9. The second-order valence-electron chi connectivity index (χ2n) is 7.50. The van der Waals surface area contributed by atoms with Gasteiger partial charge in [-0.05, 0) is 43.5 Å². The minimum atomic E-state index is -3.99. The Hall–Kier alpha value is -3.34. The average molecular weight is 480 g/mol. The summed E-state index contributed by atoms with van der Waals surface area (Å²) >= 11 is 0. The number of nitro groups is 1. The molecule has 0 aliphatic heterocycles. The summed E-state index contributed by atoms with van der Waals surface area (Å²) in [6.07, 6.45) is 1.06. The number of non-ortho nitro benzene ring substituents is 1. The van der Waals surface area contributed by atoms with E-state index in [4.69, 9.17) is 9.47 Å². The highest BCUT2D eigenvalue weighted by Crippen LogP contribution is 2.35. The molecule has 11 heteroatoms. The maximum atomic E-state index is 12.9. The molecule has 33 heavy (non-hydrogen) atoms. The Kier molecular flexibility index (Phi) is 8.63. The van der Waals surface area contributed by atoms with Gasteiger partial charge in [0.2, 0.25) is 15.9 Å². The van der Waals surface area contributed by atoms with Crippen LogP contribution in [0.5, 0.6) is 11.5 Å². The van der Waals surface area contributed by atoms with E-state index in [1.807, 2.05) is 32.0 Å². The fraction of sp³-hybridized carbons (Fsp3) is 0.409. The smallest absolute Gasteiger partial charge is 0.271 e. The van der Waals surface area contributed by atoms with Crippen LogP contribution in [-0.2, 0) is 14.8 Å². The first-order valence-electron chi connectivity index (χ1n) is 10.3. The number of methoxy groups -OCH3 is 1. The van der Waals surface area contributed by atoms with Crippen molar-refractivity contribution in [2.45, 2.75) is 33.2 Å². The summed E-state index contributed by atoms with van der Waals surface area (Å²) in [4.78, 5) is 23.5. The lowest BCUT2D eigenvalue weighted by Gasteiger charge is -2.30. The van der Waals surface area contributed by atoms with E-state index in [0.717, 1.165) is 27.8 Å². The van der Waals surface area contributed by atoms with Gasteiger partial charge < -0.3 is 14.8 Å². The summed E-state index contributed by atoms with van der Waals surface area (Å²) in [5.74, 6) is 0.243. The molecule has 0 saturated heterocycles. The molecule has 1 N–H and O–H groups in total. The zero-order valence-electron chi connectivity index (χ0n) is 19.3. The van der Waals surface area contributed by atoms with E-state index in [9.17, 15) is 23.3 Å². The van der Waals surface area contributed by atoms with E-state index in [1.54, 1.807) is 6.92 Å². The lowest BCUT2D eigenvalue weighted by Crippen LogP contribution is -2.50. The molecule has 0 bridgehead atoms. The maximum absolute atomic E-state index is 12.9. The molecule has 0 saturated carbocycles. The van der Waals surface area contributed by atoms with Gasteiger partial charge in [-0.2, -0.15) is 0 Å². The molecule has 0 aliphatic carbocycles. The van der Waals surface area contributed by atoms with E-state index in [2.05, 4.69) is 5.32 Å². The molecule has 10 nitrogen and oxygen atoms in total. The highest BCUT2D eigenvalue weighted by Gasteiger charge is 2.34. The van der Waals surface area contributed by atoms with Gasteiger partial charge in [-0.25, -0.2) is 8.42 Å². The third-order valence-electron chi connectivity index (χ3n) is 4.94. The molecular weight excluding hydrogens is 450 g/mol. The van der Waals surface area contributed by atoms with Crippen LogP contribution in [-0.4, -0.2) is 51.8 Å². The number of sulfonamides is 1. The Labute approximate surface area is 193 Å². The summed E-state index contributed by atoms with van der Waals surface area (Å²) < 4.78 is 37.1. The Morgan fingerprint density at radius 3 is 2.45 bits per heavy atom. The molecule has 0 aliphatic rings. The Morgan fingerprint density at radius 1 is 1.18 bits per heavy atom. The van der Waals surface area contributed by atoms with Crippen LogP contribution >= 0.6 is 0 Å². The van der Waals surface area contributed by atoms with Crippen molar-refractivity contribution in [2.75, 3.05) is 30.8 Å². The second-order valence-corrected chi connectivity index (χ2v) is 9.36. The van der Waals surface area contributed by atoms with Crippen LogP contribution in [0, 0.1) is 24.0 Å². The standard InChI is InChI=1S/C22H29N3O7S/c1-6-18(22(26)23-11-12-32-21-13-15(2)7-8-16(21)3)24(33(5,29)30)19-14-17(25(27)28)9-10-20(19)31-4/h7-10,13-14,18H,6,11-12H2,1-5H3,(H,23,26). The number of nitrogens with zero attached hydrogens (tertiary/aromatic N) is 2. The summed E-state index contributed by atoms with van der Waals surface area (Å²) in [6.45, 7) is 5.84. The van der Waals surface area contributed by atoms with Gasteiger partial charge in [0.25, 0.3) is 5.69 Å². The van der Waals surface area contributed by atoms with Gasteiger partial charge in [-0.1, -0.05) is 19.1 Å². The van der Waals surface area contributed by atoms with Gasteiger partial charge in [0.05, 0.1) is 24.8 Å². The fourth-order valence-corrected chi connectivity index (χ4v) is 4.52. The minimum Gasteiger partial charge on any atom is -0.495 e. The maximum Gasteiger partial charge on any atom is 0.271 e.